The summed E-state index contributed by atoms with van der Waals surface area (Å²) in [6.07, 6.45) is 2.69. The Bertz CT molecular complexity index is 651. The molecule has 0 saturated heterocycles. The third-order valence-corrected chi connectivity index (χ3v) is 6.34. The van der Waals surface area contributed by atoms with E-state index in [2.05, 4.69) is 20.7 Å². The molecule has 5 nitrogen and oxygen atoms in total. The molecule has 1 aromatic rings. The van der Waals surface area contributed by atoms with Gasteiger partial charge < -0.3 is 5.11 Å². The predicted molar refractivity (Wildman–Crippen MR) is 82.6 cm³/mol. The Kier molecular flexibility index (Phi) is 4.75. The molecule has 0 spiro atoms. The number of benzene rings is 1. The van der Waals surface area contributed by atoms with Crippen LogP contribution in [0.25, 0.3) is 0 Å². The highest BCUT2D eigenvalue weighted by molar-refractivity contribution is 9.10. The number of aliphatic carboxylic acids is 1. The molecule has 1 aliphatic rings. The monoisotopic (exact) mass is 375 g/mol. The minimum absolute atomic E-state index is 0.0558. The first kappa shape index (κ1) is 16.5. The normalized spacial score (nSPS) is 17.8. The van der Waals surface area contributed by atoms with Crippen LogP contribution in [0.15, 0.2) is 27.6 Å². The van der Waals surface area contributed by atoms with Gasteiger partial charge in [-0.25, -0.2) is 13.1 Å². The van der Waals surface area contributed by atoms with Gasteiger partial charge in [0.1, 0.15) is 0 Å². The van der Waals surface area contributed by atoms with Crippen LogP contribution in [0.4, 0.5) is 0 Å². The summed E-state index contributed by atoms with van der Waals surface area (Å²) in [5, 5.41) is 9.37. The standard InChI is InChI=1S/C14H18BrNO4S/c1-10-8-11(4-5-12(10)15)21(19,20)16-9-14(13(17)18)6-2-3-7-14/h4-5,8,16H,2-3,6-7,9H2,1H3,(H,17,18). The molecule has 0 atom stereocenters. The molecule has 0 aliphatic heterocycles. The van der Waals surface area contributed by atoms with Crippen molar-refractivity contribution in [2.45, 2.75) is 37.5 Å². The maximum absolute atomic E-state index is 12.3. The van der Waals surface area contributed by atoms with Gasteiger partial charge in [-0.2, -0.15) is 0 Å². The highest BCUT2D eigenvalue weighted by Crippen LogP contribution is 2.38. The zero-order valence-corrected chi connectivity index (χ0v) is 14.1. The second-order valence-electron chi connectivity index (χ2n) is 5.53. The molecule has 116 valence electrons. The van der Waals surface area contributed by atoms with Crippen LogP contribution in [0.3, 0.4) is 0 Å². The Balaban J connectivity index is 2.17. The highest BCUT2D eigenvalue weighted by atomic mass is 79.9. The number of rotatable bonds is 5. The van der Waals surface area contributed by atoms with Gasteiger partial charge in [0.15, 0.2) is 0 Å². The van der Waals surface area contributed by atoms with Gasteiger partial charge in [-0.05, 0) is 43.5 Å². The minimum atomic E-state index is -3.69. The van der Waals surface area contributed by atoms with Gasteiger partial charge in [-0.1, -0.05) is 28.8 Å². The summed E-state index contributed by atoms with van der Waals surface area (Å²) < 4.78 is 27.9. The van der Waals surface area contributed by atoms with E-state index in [1.807, 2.05) is 0 Å². The maximum atomic E-state index is 12.3. The van der Waals surface area contributed by atoms with Crippen LogP contribution in [0.5, 0.6) is 0 Å². The summed E-state index contributed by atoms with van der Waals surface area (Å²) in [5.74, 6) is -0.922. The van der Waals surface area contributed by atoms with E-state index >= 15 is 0 Å². The first-order valence-corrected chi connectivity index (χ1v) is 9.04. The third kappa shape index (κ3) is 3.46. The summed E-state index contributed by atoms with van der Waals surface area (Å²) in [7, 11) is -3.69. The van der Waals surface area contributed by atoms with Crippen LogP contribution in [0.2, 0.25) is 0 Å². The lowest BCUT2D eigenvalue weighted by molar-refractivity contribution is -0.148. The van der Waals surface area contributed by atoms with E-state index in [9.17, 15) is 18.3 Å². The van der Waals surface area contributed by atoms with Gasteiger partial charge >= 0.3 is 5.97 Å². The van der Waals surface area contributed by atoms with Crippen LogP contribution in [-0.4, -0.2) is 26.0 Å². The summed E-state index contributed by atoms with van der Waals surface area (Å²) in [6, 6.07) is 4.74. The fourth-order valence-electron chi connectivity index (χ4n) is 2.62. The Labute approximate surface area is 132 Å². The molecular weight excluding hydrogens is 358 g/mol. The number of carbonyl (C=O) groups is 1. The van der Waals surface area contributed by atoms with Gasteiger partial charge in [0.05, 0.1) is 10.3 Å². The number of sulfonamides is 1. The van der Waals surface area contributed by atoms with Crippen molar-refractivity contribution in [3.63, 3.8) is 0 Å². The van der Waals surface area contributed by atoms with Gasteiger partial charge in [-0.15, -0.1) is 0 Å². The number of aryl methyl sites for hydroxylation is 1. The number of hydrogen-bond donors (Lipinski definition) is 2. The zero-order valence-electron chi connectivity index (χ0n) is 11.7. The molecule has 0 amide bonds. The molecule has 2 N–H and O–H groups in total. The number of nitrogens with one attached hydrogen (secondary N) is 1. The van der Waals surface area contributed by atoms with Crippen LogP contribution < -0.4 is 4.72 Å². The molecule has 0 radical (unpaired) electrons. The average molecular weight is 376 g/mol. The summed E-state index contributed by atoms with van der Waals surface area (Å²) >= 11 is 3.32. The van der Waals surface area contributed by atoms with Crippen molar-refractivity contribution in [3.8, 4) is 0 Å². The maximum Gasteiger partial charge on any atom is 0.310 e. The van der Waals surface area contributed by atoms with E-state index in [0.717, 1.165) is 22.9 Å². The van der Waals surface area contributed by atoms with Crippen molar-refractivity contribution < 1.29 is 18.3 Å². The van der Waals surface area contributed by atoms with Crippen LogP contribution in [-0.2, 0) is 14.8 Å². The Morgan fingerprint density at radius 3 is 2.52 bits per heavy atom. The second kappa shape index (κ2) is 6.06. The van der Waals surface area contributed by atoms with E-state index in [1.54, 1.807) is 19.1 Å². The Morgan fingerprint density at radius 2 is 2.00 bits per heavy atom. The smallest absolute Gasteiger partial charge is 0.310 e. The predicted octanol–water partition coefficient (Wildman–Crippen LogP) is 2.68. The van der Waals surface area contributed by atoms with Gasteiger partial charge in [0, 0.05) is 11.0 Å². The van der Waals surface area contributed by atoms with E-state index in [4.69, 9.17) is 0 Å². The lowest BCUT2D eigenvalue weighted by Crippen LogP contribution is -2.41. The fourth-order valence-corrected chi connectivity index (χ4v) is 4.08. The molecular formula is C14H18BrNO4S. The molecule has 2 rings (SSSR count). The Morgan fingerprint density at radius 1 is 1.38 bits per heavy atom. The van der Waals surface area contributed by atoms with E-state index < -0.39 is 21.4 Å². The van der Waals surface area contributed by atoms with Gasteiger partial charge in [-0.3, -0.25) is 4.79 Å². The molecule has 0 aromatic heterocycles. The summed E-state index contributed by atoms with van der Waals surface area (Å²) in [6.45, 7) is 1.75. The minimum Gasteiger partial charge on any atom is -0.481 e. The highest BCUT2D eigenvalue weighted by Gasteiger charge is 2.42. The third-order valence-electron chi connectivity index (χ3n) is 4.05. The van der Waals surface area contributed by atoms with Crippen molar-refractivity contribution in [3.05, 3.63) is 28.2 Å². The zero-order chi connectivity index (χ0) is 15.7. The molecule has 1 fully saturated rings. The van der Waals surface area contributed by atoms with E-state index in [1.165, 1.54) is 6.07 Å². The number of halogens is 1. The first-order chi connectivity index (χ1) is 9.77. The lowest BCUT2D eigenvalue weighted by Gasteiger charge is -2.24. The average Bonchev–Trinajstić information content (AvgIpc) is 2.90. The van der Waals surface area contributed by atoms with Gasteiger partial charge in [0.2, 0.25) is 10.0 Å². The van der Waals surface area contributed by atoms with Crippen molar-refractivity contribution in [2.24, 2.45) is 5.41 Å². The quantitative estimate of drug-likeness (QED) is 0.828. The molecule has 7 heteroatoms. The SMILES string of the molecule is Cc1cc(S(=O)(=O)NCC2(C(=O)O)CCCC2)ccc1Br. The second-order valence-corrected chi connectivity index (χ2v) is 8.15. The van der Waals surface area contributed by atoms with Crippen LogP contribution in [0, 0.1) is 12.3 Å². The number of carboxylic acid groups (broad SMARTS) is 1. The van der Waals surface area contributed by atoms with Crippen molar-refractivity contribution >= 4 is 31.9 Å². The van der Waals surface area contributed by atoms with Crippen molar-refractivity contribution in [2.75, 3.05) is 6.54 Å². The van der Waals surface area contributed by atoms with Crippen molar-refractivity contribution in [1.29, 1.82) is 0 Å². The van der Waals surface area contributed by atoms with Gasteiger partial charge in [0.25, 0.3) is 0 Å². The summed E-state index contributed by atoms with van der Waals surface area (Å²) in [4.78, 5) is 11.6. The van der Waals surface area contributed by atoms with Crippen LogP contribution >= 0.6 is 15.9 Å². The fraction of sp³-hybridized carbons (Fsp3) is 0.500. The molecule has 1 aromatic carbocycles. The first-order valence-electron chi connectivity index (χ1n) is 6.76. The number of hydrogen-bond acceptors (Lipinski definition) is 3. The van der Waals surface area contributed by atoms with E-state index in [-0.39, 0.29) is 11.4 Å². The van der Waals surface area contributed by atoms with E-state index in [0.29, 0.717) is 12.8 Å². The molecule has 0 unspecified atom stereocenters. The molecule has 1 saturated carbocycles. The Hall–Kier alpha value is -0.920. The molecule has 1 aliphatic carbocycles. The largest absolute Gasteiger partial charge is 0.481 e. The summed E-state index contributed by atoms with van der Waals surface area (Å²) in [5.41, 5.74) is -0.149. The van der Waals surface area contributed by atoms with Crippen LogP contribution in [0.1, 0.15) is 31.2 Å². The number of carboxylic acids is 1. The topological polar surface area (TPSA) is 83.5 Å². The molecule has 0 heterocycles. The van der Waals surface area contributed by atoms with Crippen molar-refractivity contribution in [1.82, 2.24) is 4.72 Å². The molecule has 0 bridgehead atoms. The lowest BCUT2D eigenvalue weighted by atomic mass is 9.87. The molecule has 21 heavy (non-hydrogen) atoms.